The lowest BCUT2D eigenvalue weighted by atomic mass is 9.89. The lowest BCUT2D eigenvalue weighted by Gasteiger charge is -2.28. The molecule has 14 amide bonds. The number of nitrogens with one attached hydrogen (secondary N) is 14. The normalized spacial score (nSPS) is 24.1. The summed E-state index contributed by atoms with van der Waals surface area (Å²) >= 11 is 0. The number of ketones is 6. The van der Waals surface area contributed by atoms with Crippen molar-refractivity contribution in [2.45, 2.75) is 334 Å². The van der Waals surface area contributed by atoms with E-state index in [2.05, 4.69) is 81.4 Å². The number of nitrogens with two attached hydrogens (primary N) is 6. The summed E-state index contributed by atoms with van der Waals surface area (Å²) in [6.07, 6.45) is -4.43. The van der Waals surface area contributed by atoms with Gasteiger partial charge in [0.1, 0.15) is 65.9 Å². The van der Waals surface area contributed by atoms with E-state index in [4.69, 9.17) is 34.4 Å². The van der Waals surface area contributed by atoms with Crippen molar-refractivity contribution in [3.63, 3.8) is 0 Å². The number of hydrogen-bond donors (Lipinski definition) is 25. The summed E-state index contributed by atoms with van der Waals surface area (Å²) in [7, 11) is 0. The predicted molar refractivity (Wildman–Crippen MR) is 541 cm³/mol. The molecule has 820 valence electrons. The molecule has 22 atom stereocenters. The first-order valence-corrected chi connectivity index (χ1v) is 51.1. The third kappa shape index (κ3) is 46.8. The van der Waals surface area contributed by atoms with Gasteiger partial charge < -0.3 is 139 Å². The summed E-state index contributed by atoms with van der Waals surface area (Å²) in [6.45, 7) is 15.0. The Kier molecular flexibility index (Phi) is 60.8. The second-order valence-corrected chi connectivity index (χ2v) is 38.9. The van der Waals surface area contributed by atoms with Crippen molar-refractivity contribution in [2.75, 3.05) is 59.0 Å². The molecule has 2 heterocycles. The maximum absolute atomic E-state index is 14.5. The summed E-state index contributed by atoms with van der Waals surface area (Å²) in [5.41, 5.74) is 36.6. The number of aliphatic hydroxyl groups is 5. The van der Waals surface area contributed by atoms with Crippen LogP contribution in [0.3, 0.4) is 0 Å². The molecule has 2 fully saturated rings. The Morgan fingerprint density at radius 3 is 1.01 bits per heavy atom. The van der Waals surface area contributed by atoms with Crippen LogP contribution in [-0.2, 0) is 109 Å². The number of aliphatic hydroxyl groups excluding tert-OH is 5. The van der Waals surface area contributed by atoms with Gasteiger partial charge in [0.05, 0.1) is 61.0 Å². The van der Waals surface area contributed by atoms with Crippen LogP contribution < -0.4 is 109 Å². The Bertz CT molecular complexity index is 4530. The number of carbonyl (C=O) groups is 20. The second kappa shape index (κ2) is 68.9. The lowest BCUT2D eigenvalue weighted by molar-refractivity contribution is -0.137. The highest BCUT2D eigenvalue weighted by Crippen LogP contribution is 2.25. The molecule has 0 saturated carbocycles. The highest BCUT2D eigenvalue weighted by molar-refractivity contribution is 6.02. The van der Waals surface area contributed by atoms with Gasteiger partial charge in [0, 0.05) is 81.7 Å². The summed E-state index contributed by atoms with van der Waals surface area (Å²) in [5.74, 6) is -22.5. The van der Waals surface area contributed by atoms with Crippen LogP contribution in [0.4, 0.5) is 0 Å². The fourth-order valence-corrected chi connectivity index (χ4v) is 16.9. The number of benzene rings is 2. The average Bonchev–Trinajstić information content (AvgIpc) is 1.20. The molecule has 0 unspecified atom stereocenters. The molecule has 2 aliphatic rings. The second-order valence-electron chi connectivity index (χ2n) is 38.9. The summed E-state index contributed by atoms with van der Waals surface area (Å²) in [6, 6.07) is 1.10. The van der Waals surface area contributed by atoms with Crippen LogP contribution in [0.15, 0.2) is 60.7 Å². The summed E-state index contributed by atoms with van der Waals surface area (Å²) in [5, 5.41) is 88.6. The molecule has 45 heteroatoms. The molecule has 0 aromatic heterocycles. The van der Waals surface area contributed by atoms with Gasteiger partial charge in [0.25, 0.3) is 0 Å². The lowest BCUT2D eigenvalue weighted by Crippen LogP contribution is -2.60. The quantitative estimate of drug-likeness (QED) is 0.0283. The molecule has 4 rings (SSSR count). The third-order valence-electron chi connectivity index (χ3n) is 25.3. The van der Waals surface area contributed by atoms with E-state index in [1.165, 1.54) is 34.6 Å². The topological polar surface area (TPSA) is 767 Å². The molecule has 0 aliphatic carbocycles. The van der Waals surface area contributed by atoms with Gasteiger partial charge in [-0.3, -0.25) is 91.1 Å². The number of rotatable bonds is 46. The standard InChI is InChI=1S/C54H90N10O12.C47H76N10O13/c1-7-9-10-11-15-18-38(67)31-39(33(5)65)50(72)59-40(8-2)45(68)29-36-22-26-58-54(76)47(34(6)66)64-52(74)43(21-25-57)61-51(73)42(20-24-56)62-53(75)44(27-32(3)4)63-49(71)37(28-35-16-13-12-14-17-35)30-46(69)41(19-23-55)60-48(36)70;1-25(2)19-36-46(69)54-34(12-16-49)44(67)53-35(13-17-50)45(68)57-40(28(5)61)47(70)51-18-14-30(22-39(63)37(24-58)56-43(66)32(27(4)60)20-26(3)59)41(64)52-33(11-15-48)38(62)23-31(42(65)55-36)21-29-9-7-6-8-10-29/h12-14,16-17,32-34,36-37,39-44,47,65-66H,7-11,15,18-31,55-57H2,1-6H3,(H,58,76)(H,59,72)(H,60,70)(H,61,73)(H,62,75)(H,63,71)(H,64,74);6-10,25,27-28,30-37,40,58,60-61H,11-24,48-50H2,1-5H3,(H,51,70)(H,52,64)(H,53,67)(H,54,69)(H,55,65)(H,56,66)(H,57,68)/t33-,34-,36-,37+,39+,40+,41+,42+,43+,44+,47+;27-,28-,30-,31+,32+,33+,34+,35+,36+,37-,40+/m11/s1. The molecule has 2 saturated heterocycles. The molecule has 146 heavy (non-hydrogen) atoms. The SMILES string of the molecule is CC(=O)C[C@H](C(=O)N[C@H](CO)C(=O)C[C@H]1CCNC(=O)[C@H]([C@@H](C)O)NC(=O)[C@H](CCN)NC(=O)[C@H](CCN)NC(=O)[C@H](CC(C)C)NC(=O)[C@@H](Cc2ccccc2)CC(=O)[C@H](CCN)NC1=O)[C@@H](C)O.CCCCCCCC(=O)C[C@H](C(=O)N[C@@H](CC)C(=O)C[C@H]1CCNC(=O)[C@H]([C@@H](C)O)NC(=O)[C@H](CCN)NC(=O)[C@H](CCN)NC(=O)[C@H](CC(C)C)NC(=O)[C@@H](Cc2ccccc2)CC(=O)[C@H](CCN)NC1=O)[C@@H](C)O. The van der Waals surface area contributed by atoms with Crippen LogP contribution in [0.1, 0.15) is 235 Å². The van der Waals surface area contributed by atoms with Gasteiger partial charge in [-0.05, 0) is 187 Å². The number of carbonyl (C=O) groups excluding carboxylic acids is 20. The van der Waals surface area contributed by atoms with E-state index >= 15 is 0 Å². The Morgan fingerprint density at radius 1 is 0.377 bits per heavy atom. The fraction of sp³-hybridized carbons (Fsp3) is 0.683. The Labute approximate surface area is 855 Å². The predicted octanol–water partition coefficient (Wildman–Crippen LogP) is -3.74. The van der Waals surface area contributed by atoms with Crippen molar-refractivity contribution < 1.29 is 121 Å². The zero-order valence-electron chi connectivity index (χ0n) is 86.5. The van der Waals surface area contributed by atoms with Gasteiger partial charge in [-0.1, -0.05) is 128 Å². The van der Waals surface area contributed by atoms with Crippen molar-refractivity contribution >= 4 is 117 Å². The van der Waals surface area contributed by atoms with Gasteiger partial charge in [-0.2, -0.15) is 0 Å². The summed E-state index contributed by atoms with van der Waals surface area (Å²) in [4.78, 5) is 276. The van der Waals surface area contributed by atoms with E-state index in [0.29, 0.717) is 17.5 Å². The molecule has 0 radical (unpaired) electrons. The molecule has 0 spiro atoms. The Balaban J connectivity index is 0.000000753. The first-order chi connectivity index (χ1) is 69.2. The maximum atomic E-state index is 14.5. The summed E-state index contributed by atoms with van der Waals surface area (Å²) < 4.78 is 0. The monoisotopic (exact) mass is 2060 g/mol. The molecule has 2 aliphatic heterocycles. The van der Waals surface area contributed by atoms with E-state index in [1.807, 2.05) is 13.8 Å². The minimum absolute atomic E-state index is 0.0153. The molecular weight excluding hydrogens is 1890 g/mol. The highest BCUT2D eigenvalue weighted by Gasteiger charge is 2.42. The Hall–Kier alpha value is -11.4. The largest absolute Gasteiger partial charge is 0.394 e. The fourth-order valence-electron chi connectivity index (χ4n) is 16.9. The molecule has 0 bridgehead atoms. The molecular formula is C101H166N20O25. The van der Waals surface area contributed by atoms with Crippen LogP contribution in [0.25, 0.3) is 0 Å². The minimum atomic E-state index is -1.64. The van der Waals surface area contributed by atoms with E-state index < -0.39 is 276 Å². The van der Waals surface area contributed by atoms with Crippen LogP contribution in [0, 0.1) is 47.3 Å². The van der Waals surface area contributed by atoms with E-state index in [0.717, 1.165) is 25.7 Å². The van der Waals surface area contributed by atoms with Gasteiger partial charge in [-0.15, -0.1) is 0 Å². The molecule has 31 N–H and O–H groups in total. The number of unbranched alkanes of at least 4 members (excludes halogenated alkanes) is 4. The number of amides is 14. The average molecular weight is 2060 g/mol. The van der Waals surface area contributed by atoms with Gasteiger partial charge in [-0.25, -0.2) is 0 Å². The van der Waals surface area contributed by atoms with Gasteiger partial charge in [0.15, 0.2) is 23.1 Å². The van der Waals surface area contributed by atoms with Crippen molar-refractivity contribution in [3.05, 3.63) is 71.8 Å². The van der Waals surface area contributed by atoms with Crippen LogP contribution in [0.5, 0.6) is 0 Å². The van der Waals surface area contributed by atoms with Crippen molar-refractivity contribution in [1.82, 2.24) is 74.4 Å². The highest BCUT2D eigenvalue weighted by atomic mass is 16.3. The van der Waals surface area contributed by atoms with Crippen LogP contribution in [-0.4, -0.2) is 299 Å². The van der Waals surface area contributed by atoms with Crippen LogP contribution >= 0.6 is 0 Å². The van der Waals surface area contributed by atoms with E-state index in [-0.39, 0.29) is 173 Å². The van der Waals surface area contributed by atoms with Crippen molar-refractivity contribution in [1.29, 1.82) is 0 Å². The number of Topliss-reactive ketones (excluding diaryl/α,β-unsaturated/α-hetero) is 6. The number of hydrogen-bond acceptors (Lipinski definition) is 31. The van der Waals surface area contributed by atoms with Crippen molar-refractivity contribution in [3.8, 4) is 0 Å². The molecule has 45 nitrogen and oxygen atoms in total. The smallest absolute Gasteiger partial charge is 0.245 e. The van der Waals surface area contributed by atoms with Crippen LogP contribution in [0.2, 0.25) is 0 Å². The van der Waals surface area contributed by atoms with Crippen molar-refractivity contribution in [2.24, 2.45) is 81.7 Å². The maximum Gasteiger partial charge on any atom is 0.245 e. The third-order valence-corrected chi connectivity index (χ3v) is 25.3. The zero-order chi connectivity index (χ0) is 110. The van der Waals surface area contributed by atoms with Gasteiger partial charge >= 0.3 is 0 Å². The molecule has 2 aromatic carbocycles. The minimum Gasteiger partial charge on any atom is -0.394 e. The Morgan fingerprint density at radius 2 is 0.685 bits per heavy atom. The first kappa shape index (κ1) is 129. The van der Waals surface area contributed by atoms with Gasteiger partial charge in [0.2, 0.25) is 82.7 Å². The van der Waals surface area contributed by atoms with E-state index in [9.17, 15) is 121 Å². The molecule has 2 aromatic rings. The van der Waals surface area contributed by atoms with E-state index in [1.54, 1.807) is 81.4 Å². The zero-order valence-corrected chi connectivity index (χ0v) is 86.5. The first-order valence-electron chi connectivity index (χ1n) is 51.1.